The lowest BCUT2D eigenvalue weighted by atomic mass is 10.4. The molecule has 0 saturated carbocycles. The van der Waals surface area contributed by atoms with Gasteiger partial charge in [-0.3, -0.25) is 4.79 Å². The van der Waals surface area contributed by atoms with Crippen molar-refractivity contribution in [1.82, 2.24) is 4.90 Å². The number of carbonyl (C=O) groups is 1. The Bertz CT molecular complexity index is 140. The van der Waals surface area contributed by atoms with Gasteiger partial charge in [0, 0.05) is 13.5 Å². The number of amides is 1. The molecule has 1 amide bonds. The van der Waals surface area contributed by atoms with Crippen LogP contribution in [0.15, 0.2) is 0 Å². The molecule has 1 aliphatic heterocycles. The van der Waals surface area contributed by atoms with Crippen molar-refractivity contribution in [2.24, 2.45) is 0 Å². The molecule has 1 heterocycles. The Morgan fingerprint density at radius 1 is 1.80 bits per heavy atom. The van der Waals surface area contributed by atoms with Crippen LogP contribution in [0.2, 0.25) is 0 Å². The highest BCUT2D eigenvalue weighted by atomic mass is 32.1. The van der Waals surface area contributed by atoms with Crippen molar-refractivity contribution in [3.8, 4) is 0 Å². The molecule has 0 N–H and O–H groups in total. The van der Waals surface area contributed by atoms with E-state index in [1.165, 1.54) is 0 Å². The number of morpholine rings is 1. The maximum Gasteiger partial charge on any atom is 0.231 e. The summed E-state index contributed by atoms with van der Waals surface area (Å²) >= 11 is 3.33. The van der Waals surface area contributed by atoms with Crippen LogP contribution in [-0.4, -0.2) is 35.9 Å². The minimum absolute atomic E-state index is 0.0117. The second-order valence-electron chi connectivity index (χ2n) is 2.32. The third-order valence-corrected chi connectivity index (χ3v) is 1.86. The van der Waals surface area contributed by atoms with Crippen LogP contribution in [0, 0.1) is 0 Å². The molecule has 3 nitrogen and oxygen atoms in total. The summed E-state index contributed by atoms with van der Waals surface area (Å²) in [5, 5.41) is 0. The minimum Gasteiger partial charge on any atom is -0.333 e. The molecule has 1 atom stereocenters. The first kappa shape index (κ1) is 7.88. The smallest absolute Gasteiger partial charge is 0.231 e. The zero-order valence-corrected chi connectivity index (χ0v) is 6.96. The highest BCUT2D eigenvalue weighted by molar-refractivity contribution is 7.59. The van der Waals surface area contributed by atoms with Crippen LogP contribution in [0.1, 0.15) is 6.92 Å². The minimum atomic E-state index is 0.0117. The Morgan fingerprint density at radius 3 is 2.90 bits per heavy atom. The Labute approximate surface area is 65.7 Å². The maximum atomic E-state index is 10.8. The van der Waals surface area contributed by atoms with E-state index in [-0.39, 0.29) is 11.3 Å². The van der Waals surface area contributed by atoms with E-state index in [0.29, 0.717) is 13.2 Å². The normalized spacial score (nSPS) is 26.6. The van der Waals surface area contributed by atoms with Gasteiger partial charge in [0.1, 0.15) is 0 Å². The monoisotopic (exact) mass is 162 g/mol. The van der Waals surface area contributed by atoms with E-state index in [9.17, 15) is 4.79 Å². The summed E-state index contributed by atoms with van der Waals surface area (Å²) in [4.78, 5) is 12.6. The fourth-order valence-electron chi connectivity index (χ4n) is 0.935. The Balaban J connectivity index is 2.39. The third kappa shape index (κ3) is 1.88. The van der Waals surface area contributed by atoms with Crippen molar-refractivity contribution in [2.45, 2.75) is 12.4 Å². The van der Waals surface area contributed by atoms with E-state index in [1.807, 2.05) is 0 Å². The highest BCUT2D eigenvalue weighted by Crippen LogP contribution is 2.02. The summed E-state index contributed by atoms with van der Waals surface area (Å²) < 4.78 is 5.18. The summed E-state index contributed by atoms with van der Waals surface area (Å²) in [5.74, 6) is 0.117. The maximum absolute atomic E-state index is 10.8. The fraction of sp³-hybridized carbons (Fsp3) is 0.833. The van der Waals surface area contributed by atoms with Crippen LogP contribution in [-0.2, 0) is 22.2 Å². The molecule has 0 radical (unpaired) electrons. The lowest BCUT2D eigenvalue weighted by Gasteiger charge is -2.26. The molecule has 1 rings (SSSR count). The second-order valence-corrected chi connectivity index (χ2v) is 2.97. The number of rotatable bonds is 0. The standard InChI is InChI=1S/C6H11NO2S/c1-5(8)7-2-3-9-6(10)4-7/h6,10H,2-4H2,1H3/p+1. The van der Waals surface area contributed by atoms with E-state index in [1.54, 1.807) is 11.8 Å². The summed E-state index contributed by atoms with van der Waals surface area (Å²) in [6.07, 6.45) is 0. The van der Waals surface area contributed by atoms with Crippen molar-refractivity contribution in [3.63, 3.8) is 0 Å². The molecule has 10 heavy (non-hydrogen) atoms. The SMILES string of the molecule is CC(=O)N1CCOC([SH2+])C1. The molecule has 58 valence electrons. The largest absolute Gasteiger partial charge is 0.333 e. The molecule has 0 aromatic carbocycles. The van der Waals surface area contributed by atoms with Crippen LogP contribution in [0.5, 0.6) is 0 Å². The van der Waals surface area contributed by atoms with Crippen LogP contribution >= 0.6 is 0 Å². The zero-order chi connectivity index (χ0) is 7.56. The predicted molar refractivity (Wildman–Crippen MR) is 42.1 cm³/mol. The van der Waals surface area contributed by atoms with Gasteiger partial charge in [-0.1, -0.05) is 0 Å². The van der Waals surface area contributed by atoms with E-state index in [2.05, 4.69) is 12.6 Å². The molecule has 1 unspecified atom stereocenters. The van der Waals surface area contributed by atoms with Gasteiger partial charge < -0.3 is 9.64 Å². The highest BCUT2D eigenvalue weighted by Gasteiger charge is 2.22. The lowest BCUT2D eigenvalue weighted by Crippen LogP contribution is -2.43. The van der Waals surface area contributed by atoms with Gasteiger partial charge in [0.2, 0.25) is 11.3 Å². The molecular formula is C6H12NO2S+. The van der Waals surface area contributed by atoms with Gasteiger partial charge in [-0.25, -0.2) is 0 Å². The van der Waals surface area contributed by atoms with Gasteiger partial charge in [0.15, 0.2) is 0 Å². The zero-order valence-electron chi connectivity index (χ0n) is 5.96. The molecule has 0 aliphatic carbocycles. The Hall–Kier alpha value is -0.220. The van der Waals surface area contributed by atoms with E-state index in [4.69, 9.17) is 4.74 Å². The van der Waals surface area contributed by atoms with Crippen molar-refractivity contribution < 1.29 is 9.53 Å². The van der Waals surface area contributed by atoms with Gasteiger partial charge >= 0.3 is 0 Å². The van der Waals surface area contributed by atoms with Crippen molar-refractivity contribution in [1.29, 1.82) is 0 Å². The van der Waals surface area contributed by atoms with Crippen molar-refractivity contribution >= 4 is 18.5 Å². The number of ether oxygens (including phenoxy) is 1. The van der Waals surface area contributed by atoms with Gasteiger partial charge in [-0.15, -0.1) is 0 Å². The average molecular weight is 162 g/mol. The van der Waals surface area contributed by atoms with Gasteiger partial charge in [0.25, 0.3) is 0 Å². The topological polar surface area (TPSA) is 29.5 Å². The molecule has 4 heteroatoms. The van der Waals surface area contributed by atoms with Gasteiger partial charge in [-0.05, 0) is 12.6 Å². The summed E-state index contributed by atoms with van der Waals surface area (Å²) in [6, 6.07) is 0. The van der Waals surface area contributed by atoms with E-state index in [0.717, 1.165) is 6.54 Å². The van der Waals surface area contributed by atoms with Gasteiger partial charge in [-0.2, -0.15) is 0 Å². The first-order valence-electron chi connectivity index (χ1n) is 3.28. The molecule has 0 bridgehead atoms. The summed E-state index contributed by atoms with van der Waals surface area (Å²) in [7, 11) is 0. The van der Waals surface area contributed by atoms with Crippen LogP contribution in [0.4, 0.5) is 0 Å². The molecule has 0 aromatic heterocycles. The average Bonchev–Trinajstić information content (AvgIpc) is 1.88. The molecule has 1 fully saturated rings. The lowest BCUT2D eigenvalue weighted by molar-refractivity contribution is -0.133. The molecular weight excluding hydrogens is 150 g/mol. The van der Waals surface area contributed by atoms with Crippen LogP contribution in [0.25, 0.3) is 0 Å². The van der Waals surface area contributed by atoms with Crippen molar-refractivity contribution in [3.05, 3.63) is 0 Å². The van der Waals surface area contributed by atoms with Crippen LogP contribution in [0.3, 0.4) is 0 Å². The predicted octanol–water partition coefficient (Wildman–Crippen LogP) is -0.797. The summed E-state index contributed by atoms with van der Waals surface area (Å²) in [6.45, 7) is 3.58. The molecule has 1 aliphatic rings. The number of nitrogens with zero attached hydrogens (tertiary/aromatic N) is 1. The molecule has 0 aromatic rings. The Kier molecular flexibility index (Phi) is 2.56. The Morgan fingerprint density at radius 2 is 2.50 bits per heavy atom. The fourth-order valence-corrected chi connectivity index (χ4v) is 1.27. The first-order valence-corrected chi connectivity index (χ1v) is 3.86. The molecule has 1 saturated heterocycles. The second kappa shape index (κ2) is 3.25. The van der Waals surface area contributed by atoms with Gasteiger partial charge in [0.05, 0.1) is 13.2 Å². The first-order chi connectivity index (χ1) is 4.70. The summed E-state index contributed by atoms with van der Waals surface area (Å²) in [5.41, 5.74) is 0.0117. The molecule has 0 spiro atoms. The van der Waals surface area contributed by atoms with Crippen molar-refractivity contribution in [2.75, 3.05) is 19.7 Å². The van der Waals surface area contributed by atoms with E-state index < -0.39 is 0 Å². The number of hydrogen-bond acceptors (Lipinski definition) is 2. The quantitative estimate of drug-likeness (QED) is 0.437. The third-order valence-electron chi connectivity index (χ3n) is 1.51. The number of hydrogen-bond donors (Lipinski definition) is 0. The van der Waals surface area contributed by atoms with E-state index >= 15 is 0 Å². The van der Waals surface area contributed by atoms with Crippen LogP contribution < -0.4 is 0 Å². The number of carbonyl (C=O) groups excluding carboxylic acids is 1.